The van der Waals surface area contributed by atoms with Crippen molar-refractivity contribution in [1.82, 2.24) is 9.55 Å². The quantitative estimate of drug-likeness (QED) is 0.768. The number of phenols is 1. The van der Waals surface area contributed by atoms with E-state index in [0.29, 0.717) is 12.2 Å². The van der Waals surface area contributed by atoms with E-state index in [1.54, 1.807) is 6.07 Å². The van der Waals surface area contributed by atoms with Gasteiger partial charge in [0.05, 0.1) is 5.69 Å². The van der Waals surface area contributed by atoms with Gasteiger partial charge >= 0.3 is 0 Å². The third kappa shape index (κ3) is 2.89. The first-order valence-electron chi connectivity index (χ1n) is 7.67. The third-order valence-corrected chi connectivity index (χ3v) is 3.80. The second-order valence-electron chi connectivity index (χ2n) is 5.40. The molecule has 0 aliphatic rings. The molecular weight excluding hydrogens is 272 g/mol. The molecule has 0 atom stereocenters. The highest BCUT2D eigenvalue weighted by Gasteiger charge is 2.13. The van der Waals surface area contributed by atoms with Crippen molar-refractivity contribution in [2.45, 2.75) is 26.2 Å². The van der Waals surface area contributed by atoms with Crippen LogP contribution in [-0.4, -0.2) is 14.7 Å². The number of benzene rings is 2. The number of nitrogens with zero attached hydrogens (tertiary/aromatic N) is 2. The molecule has 0 unspecified atom stereocenters. The lowest BCUT2D eigenvalue weighted by Gasteiger charge is -2.14. The molecular formula is C19H20N2O. The van der Waals surface area contributed by atoms with Gasteiger partial charge in [-0.15, -0.1) is 0 Å². The molecule has 0 saturated heterocycles. The van der Waals surface area contributed by atoms with Crippen molar-refractivity contribution in [1.29, 1.82) is 0 Å². The van der Waals surface area contributed by atoms with Gasteiger partial charge in [0, 0.05) is 30.8 Å². The summed E-state index contributed by atoms with van der Waals surface area (Å²) in [6.07, 6.45) is 6.46. The first kappa shape index (κ1) is 14.4. The molecule has 3 rings (SSSR count). The summed E-state index contributed by atoms with van der Waals surface area (Å²) < 4.78 is 2.08. The molecule has 0 spiro atoms. The third-order valence-electron chi connectivity index (χ3n) is 3.80. The monoisotopic (exact) mass is 292 g/mol. The van der Waals surface area contributed by atoms with Crippen molar-refractivity contribution < 1.29 is 5.11 Å². The molecule has 0 aliphatic heterocycles. The summed E-state index contributed by atoms with van der Waals surface area (Å²) in [7, 11) is 0. The van der Waals surface area contributed by atoms with E-state index >= 15 is 0 Å². The van der Waals surface area contributed by atoms with E-state index < -0.39 is 0 Å². The van der Waals surface area contributed by atoms with Crippen molar-refractivity contribution >= 4 is 0 Å². The number of aromatic nitrogens is 2. The van der Waals surface area contributed by atoms with Gasteiger partial charge in [-0.2, -0.15) is 0 Å². The molecule has 112 valence electrons. The normalized spacial score (nSPS) is 10.8. The number of hydrogen-bond acceptors (Lipinski definition) is 2. The van der Waals surface area contributed by atoms with Crippen LogP contribution in [0.15, 0.2) is 60.9 Å². The second-order valence-corrected chi connectivity index (χ2v) is 5.40. The lowest BCUT2D eigenvalue weighted by atomic mass is 10.0. The van der Waals surface area contributed by atoms with Gasteiger partial charge in [0.2, 0.25) is 0 Å². The Bertz CT molecular complexity index is 747. The Morgan fingerprint density at radius 3 is 2.64 bits per heavy atom. The van der Waals surface area contributed by atoms with Crippen molar-refractivity contribution in [2.75, 3.05) is 0 Å². The predicted octanol–water partition coefficient (Wildman–Crippen LogP) is 4.12. The highest BCUT2D eigenvalue weighted by atomic mass is 16.3. The van der Waals surface area contributed by atoms with E-state index in [0.717, 1.165) is 29.9 Å². The highest BCUT2D eigenvalue weighted by molar-refractivity contribution is 5.52. The molecule has 2 aromatic carbocycles. The molecule has 0 saturated carbocycles. The van der Waals surface area contributed by atoms with E-state index in [1.165, 1.54) is 5.56 Å². The molecule has 0 aliphatic carbocycles. The molecule has 1 heterocycles. The Labute approximate surface area is 130 Å². The zero-order valence-corrected chi connectivity index (χ0v) is 12.7. The molecule has 3 nitrogen and oxygen atoms in total. The van der Waals surface area contributed by atoms with Crippen LogP contribution in [0.2, 0.25) is 0 Å². The number of aromatic hydroxyl groups is 1. The van der Waals surface area contributed by atoms with Crippen LogP contribution in [0, 0.1) is 0 Å². The minimum absolute atomic E-state index is 0.331. The predicted molar refractivity (Wildman–Crippen MR) is 88.5 cm³/mol. The Balaban J connectivity index is 2.05. The smallest absolute Gasteiger partial charge is 0.121 e. The molecule has 0 fully saturated rings. The zero-order chi connectivity index (χ0) is 15.4. The van der Waals surface area contributed by atoms with Crippen LogP contribution < -0.4 is 0 Å². The van der Waals surface area contributed by atoms with Gasteiger partial charge in [-0.05, 0) is 24.1 Å². The van der Waals surface area contributed by atoms with Crippen LogP contribution in [0.5, 0.6) is 5.75 Å². The summed E-state index contributed by atoms with van der Waals surface area (Å²) in [5.41, 5.74) is 3.12. The first-order valence-corrected chi connectivity index (χ1v) is 7.67. The minimum atomic E-state index is 0.331. The van der Waals surface area contributed by atoms with E-state index in [2.05, 4.69) is 28.6 Å². The molecule has 3 heteroatoms. The summed E-state index contributed by atoms with van der Waals surface area (Å²) in [5.74, 6) is 1.36. The van der Waals surface area contributed by atoms with Crippen LogP contribution in [0.3, 0.4) is 0 Å². The molecule has 1 aromatic heterocycles. The van der Waals surface area contributed by atoms with Crippen molar-refractivity contribution in [3.05, 3.63) is 77.9 Å². The molecule has 0 radical (unpaired) electrons. The zero-order valence-electron chi connectivity index (χ0n) is 12.7. The van der Waals surface area contributed by atoms with E-state index in [4.69, 9.17) is 0 Å². The molecule has 22 heavy (non-hydrogen) atoms. The maximum Gasteiger partial charge on any atom is 0.121 e. The van der Waals surface area contributed by atoms with Gasteiger partial charge in [-0.3, -0.25) is 0 Å². The van der Waals surface area contributed by atoms with Crippen LogP contribution in [0.25, 0.3) is 5.69 Å². The Kier molecular flexibility index (Phi) is 4.24. The number of imidazole rings is 1. The van der Waals surface area contributed by atoms with Gasteiger partial charge < -0.3 is 9.67 Å². The lowest BCUT2D eigenvalue weighted by Crippen LogP contribution is -2.04. The summed E-state index contributed by atoms with van der Waals surface area (Å²) in [4.78, 5) is 4.44. The minimum Gasteiger partial charge on any atom is -0.508 e. The molecule has 1 N–H and O–H groups in total. The first-order chi connectivity index (χ1) is 10.8. The summed E-state index contributed by atoms with van der Waals surface area (Å²) in [6.45, 7) is 2.15. The van der Waals surface area contributed by atoms with Crippen molar-refractivity contribution in [2.24, 2.45) is 0 Å². The number of aryl methyl sites for hydroxylation is 1. The maximum absolute atomic E-state index is 10.3. The average Bonchev–Trinajstić information content (AvgIpc) is 2.99. The van der Waals surface area contributed by atoms with Crippen LogP contribution in [0.4, 0.5) is 0 Å². The van der Waals surface area contributed by atoms with Gasteiger partial charge in [-0.1, -0.05) is 43.3 Å². The van der Waals surface area contributed by atoms with E-state index in [1.807, 2.05) is 42.7 Å². The van der Waals surface area contributed by atoms with E-state index in [9.17, 15) is 5.11 Å². The lowest BCUT2D eigenvalue weighted by molar-refractivity contribution is 0.469. The largest absolute Gasteiger partial charge is 0.508 e. The fourth-order valence-electron chi connectivity index (χ4n) is 2.73. The van der Waals surface area contributed by atoms with Gasteiger partial charge in [0.1, 0.15) is 11.6 Å². The van der Waals surface area contributed by atoms with Crippen molar-refractivity contribution in [3.63, 3.8) is 0 Å². The number of hydrogen-bond donors (Lipinski definition) is 1. The average molecular weight is 292 g/mol. The SMILES string of the molecule is CCCc1nccn1-c1cccc(O)c1Cc1ccccc1. The Hall–Kier alpha value is -2.55. The fraction of sp³-hybridized carbons (Fsp3) is 0.211. The van der Waals surface area contributed by atoms with Gasteiger partial charge in [-0.25, -0.2) is 4.98 Å². The van der Waals surface area contributed by atoms with Crippen LogP contribution in [0.1, 0.15) is 30.3 Å². The Morgan fingerprint density at radius 2 is 1.86 bits per heavy atom. The standard InChI is InChI=1S/C19H20N2O/c1-2-7-19-20-12-13-21(19)17-10-6-11-18(22)16(17)14-15-8-4-3-5-9-15/h3-6,8-13,22H,2,7,14H2,1H3. The maximum atomic E-state index is 10.3. The van der Waals surface area contributed by atoms with Crippen LogP contribution in [-0.2, 0) is 12.8 Å². The summed E-state index contributed by atoms with van der Waals surface area (Å²) in [5, 5.41) is 10.3. The number of rotatable bonds is 5. The summed E-state index contributed by atoms with van der Waals surface area (Å²) >= 11 is 0. The summed E-state index contributed by atoms with van der Waals surface area (Å²) in [6, 6.07) is 15.9. The van der Waals surface area contributed by atoms with Gasteiger partial charge in [0.15, 0.2) is 0 Å². The van der Waals surface area contributed by atoms with Crippen LogP contribution >= 0.6 is 0 Å². The van der Waals surface area contributed by atoms with Crippen molar-refractivity contribution in [3.8, 4) is 11.4 Å². The number of phenolic OH excluding ortho intramolecular Hbond substituents is 1. The van der Waals surface area contributed by atoms with E-state index in [-0.39, 0.29) is 0 Å². The molecule has 0 bridgehead atoms. The molecule has 0 amide bonds. The fourth-order valence-corrected chi connectivity index (χ4v) is 2.73. The topological polar surface area (TPSA) is 38.0 Å². The highest BCUT2D eigenvalue weighted by Crippen LogP contribution is 2.28. The van der Waals surface area contributed by atoms with Gasteiger partial charge in [0.25, 0.3) is 0 Å². The Morgan fingerprint density at radius 1 is 1.05 bits per heavy atom. The molecule has 3 aromatic rings. The second kappa shape index (κ2) is 6.48.